The first-order valence-corrected chi connectivity index (χ1v) is 9.68. The van der Waals surface area contributed by atoms with Gasteiger partial charge in [-0.15, -0.1) is 24.0 Å². The van der Waals surface area contributed by atoms with Crippen LogP contribution in [0, 0.1) is 0 Å². The average molecular weight is 519 g/mol. The molecular weight excluding hydrogens is 491 g/mol. The molecule has 2 aromatic rings. The van der Waals surface area contributed by atoms with Crippen LogP contribution in [0.2, 0.25) is 5.02 Å². The number of aromatic nitrogens is 2. The molecule has 0 amide bonds. The number of rotatable bonds is 8. The smallest absolute Gasteiger partial charge is 0.188 e. The van der Waals surface area contributed by atoms with Crippen LogP contribution < -0.4 is 11.1 Å². The summed E-state index contributed by atoms with van der Waals surface area (Å²) in [7, 11) is 0. The van der Waals surface area contributed by atoms with Gasteiger partial charge in [0, 0.05) is 37.1 Å². The van der Waals surface area contributed by atoms with Gasteiger partial charge in [0.1, 0.15) is 0 Å². The molecule has 1 aromatic heterocycles. The van der Waals surface area contributed by atoms with Crippen LogP contribution in [0.15, 0.2) is 47.7 Å². The maximum absolute atomic E-state index is 6.05. The number of morpholine rings is 1. The zero-order valence-corrected chi connectivity index (χ0v) is 18.9. The summed E-state index contributed by atoms with van der Waals surface area (Å²) in [5.41, 5.74) is 7.14. The molecule has 1 aliphatic heterocycles. The highest BCUT2D eigenvalue weighted by molar-refractivity contribution is 14.0. The molecule has 0 saturated carbocycles. The van der Waals surface area contributed by atoms with Crippen molar-refractivity contribution in [2.75, 3.05) is 45.9 Å². The van der Waals surface area contributed by atoms with E-state index < -0.39 is 0 Å². The molecule has 2 heterocycles. The summed E-state index contributed by atoms with van der Waals surface area (Å²) >= 11 is 6.01. The average Bonchev–Trinajstić information content (AvgIpc) is 3.22. The number of aliphatic imine (C=N–C) groups is 1. The second kappa shape index (κ2) is 12.3. The molecule has 1 aromatic carbocycles. The Morgan fingerprint density at radius 1 is 1.29 bits per heavy atom. The number of nitrogens with zero attached hydrogens (tertiary/aromatic N) is 4. The van der Waals surface area contributed by atoms with E-state index in [1.54, 1.807) is 6.20 Å². The van der Waals surface area contributed by atoms with Crippen molar-refractivity contribution in [1.82, 2.24) is 20.0 Å². The van der Waals surface area contributed by atoms with Gasteiger partial charge < -0.3 is 15.8 Å². The van der Waals surface area contributed by atoms with E-state index >= 15 is 0 Å². The number of hydrogen-bond donors (Lipinski definition) is 2. The number of guanidine groups is 1. The van der Waals surface area contributed by atoms with Crippen molar-refractivity contribution in [2.45, 2.75) is 12.5 Å². The molecule has 7 nitrogen and oxygen atoms in total. The maximum atomic E-state index is 6.05. The van der Waals surface area contributed by atoms with Crippen LogP contribution >= 0.6 is 35.6 Å². The summed E-state index contributed by atoms with van der Waals surface area (Å²) in [6.07, 6.45) is 4.72. The quantitative estimate of drug-likeness (QED) is 0.243. The van der Waals surface area contributed by atoms with Crippen LogP contribution in [0.1, 0.15) is 18.0 Å². The second-order valence-corrected chi connectivity index (χ2v) is 6.95. The number of hydrogen-bond acceptors (Lipinski definition) is 4. The molecule has 0 aliphatic carbocycles. The van der Waals surface area contributed by atoms with Crippen LogP contribution in [-0.4, -0.2) is 66.6 Å². The predicted molar refractivity (Wildman–Crippen MR) is 124 cm³/mol. The summed E-state index contributed by atoms with van der Waals surface area (Å²) in [4.78, 5) is 6.93. The fourth-order valence-electron chi connectivity index (χ4n) is 3.08. The zero-order chi connectivity index (χ0) is 18.9. The van der Waals surface area contributed by atoms with E-state index in [-0.39, 0.29) is 30.0 Å². The maximum Gasteiger partial charge on any atom is 0.188 e. The molecule has 0 bridgehead atoms. The van der Waals surface area contributed by atoms with E-state index in [9.17, 15) is 0 Å². The molecule has 28 heavy (non-hydrogen) atoms. The van der Waals surface area contributed by atoms with Crippen molar-refractivity contribution in [2.24, 2.45) is 10.7 Å². The molecule has 1 fully saturated rings. The molecule has 0 radical (unpaired) electrons. The predicted octanol–water partition coefficient (Wildman–Crippen LogP) is 2.37. The van der Waals surface area contributed by atoms with Gasteiger partial charge in [0.05, 0.1) is 25.8 Å². The number of benzene rings is 1. The SMILES string of the molecule is I.NC(=NCC(c1ccc(Cl)cc1)n1cccn1)NCCCN1CCOCC1. The minimum absolute atomic E-state index is 0. The standard InChI is InChI=1S/C19H27ClN6O.HI/c20-17-5-3-16(4-6-17)18(26-10-2-8-24-26)15-23-19(21)22-7-1-9-25-11-13-27-14-12-25;/h2-6,8,10,18H,1,7,9,11-15H2,(H3,21,22,23);1H. The number of nitrogens with one attached hydrogen (secondary N) is 1. The van der Waals surface area contributed by atoms with Crippen molar-refractivity contribution < 1.29 is 4.74 Å². The molecule has 0 spiro atoms. The van der Waals surface area contributed by atoms with Gasteiger partial charge in [-0.2, -0.15) is 5.10 Å². The fourth-order valence-corrected chi connectivity index (χ4v) is 3.20. The van der Waals surface area contributed by atoms with Gasteiger partial charge in [-0.25, -0.2) is 0 Å². The van der Waals surface area contributed by atoms with Gasteiger partial charge >= 0.3 is 0 Å². The van der Waals surface area contributed by atoms with Gasteiger partial charge in [0.15, 0.2) is 5.96 Å². The van der Waals surface area contributed by atoms with Gasteiger partial charge in [0.25, 0.3) is 0 Å². The molecule has 3 N–H and O–H groups in total. The highest BCUT2D eigenvalue weighted by Crippen LogP contribution is 2.20. The fraction of sp³-hybridized carbons (Fsp3) is 0.474. The Morgan fingerprint density at radius 3 is 2.71 bits per heavy atom. The Balaban J connectivity index is 0.00000280. The van der Waals surface area contributed by atoms with E-state index in [0.29, 0.717) is 17.5 Å². The Hall–Kier alpha value is -1.36. The Kier molecular flexibility index (Phi) is 10.0. The van der Waals surface area contributed by atoms with E-state index in [2.05, 4.69) is 20.3 Å². The monoisotopic (exact) mass is 518 g/mol. The molecule has 1 saturated heterocycles. The number of halogens is 2. The minimum Gasteiger partial charge on any atom is -0.379 e. The minimum atomic E-state index is -0.0223. The van der Waals surface area contributed by atoms with Crippen molar-refractivity contribution in [1.29, 1.82) is 0 Å². The molecular formula is C19H28ClIN6O. The van der Waals surface area contributed by atoms with E-state index in [0.717, 1.165) is 51.4 Å². The lowest BCUT2D eigenvalue weighted by molar-refractivity contribution is 0.0376. The Morgan fingerprint density at radius 2 is 2.04 bits per heavy atom. The van der Waals surface area contributed by atoms with Gasteiger partial charge in [-0.05, 0) is 36.7 Å². The molecule has 154 valence electrons. The first-order chi connectivity index (χ1) is 13.2. The topological polar surface area (TPSA) is 80.7 Å². The lowest BCUT2D eigenvalue weighted by atomic mass is 10.1. The number of ether oxygens (including phenoxy) is 1. The third-order valence-electron chi connectivity index (χ3n) is 4.59. The zero-order valence-electron chi connectivity index (χ0n) is 15.8. The summed E-state index contributed by atoms with van der Waals surface area (Å²) in [5.74, 6) is 0.461. The van der Waals surface area contributed by atoms with Crippen LogP contribution in [0.3, 0.4) is 0 Å². The van der Waals surface area contributed by atoms with Crippen LogP contribution in [0.5, 0.6) is 0 Å². The van der Waals surface area contributed by atoms with Gasteiger partial charge in [-0.3, -0.25) is 14.6 Å². The third-order valence-corrected chi connectivity index (χ3v) is 4.85. The van der Waals surface area contributed by atoms with Crippen molar-refractivity contribution in [3.8, 4) is 0 Å². The largest absolute Gasteiger partial charge is 0.379 e. The van der Waals surface area contributed by atoms with Gasteiger partial charge in [-0.1, -0.05) is 23.7 Å². The second-order valence-electron chi connectivity index (χ2n) is 6.51. The van der Waals surface area contributed by atoms with E-state index in [1.807, 2.05) is 41.2 Å². The molecule has 9 heteroatoms. The third kappa shape index (κ3) is 7.23. The molecule has 3 rings (SSSR count). The highest BCUT2D eigenvalue weighted by Gasteiger charge is 2.14. The molecule has 1 unspecified atom stereocenters. The van der Waals surface area contributed by atoms with Crippen molar-refractivity contribution in [3.63, 3.8) is 0 Å². The highest BCUT2D eigenvalue weighted by atomic mass is 127. The van der Waals surface area contributed by atoms with Crippen LogP contribution in [0.4, 0.5) is 0 Å². The Labute approximate surface area is 188 Å². The normalized spacial score (nSPS) is 16.4. The number of nitrogens with two attached hydrogens (primary N) is 1. The first kappa shape index (κ1) is 22.9. The van der Waals surface area contributed by atoms with Crippen molar-refractivity contribution >= 4 is 41.5 Å². The summed E-state index contributed by atoms with van der Waals surface area (Å²) in [6.45, 7) is 6.04. The summed E-state index contributed by atoms with van der Waals surface area (Å²) in [6, 6.07) is 9.63. The van der Waals surface area contributed by atoms with E-state index in [4.69, 9.17) is 22.1 Å². The molecule has 1 atom stereocenters. The summed E-state index contributed by atoms with van der Waals surface area (Å²) < 4.78 is 7.25. The lowest BCUT2D eigenvalue weighted by Crippen LogP contribution is -2.39. The van der Waals surface area contributed by atoms with Crippen molar-refractivity contribution in [3.05, 3.63) is 53.3 Å². The summed E-state index contributed by atoms with van der Waals surface area (Å²) in [5, 5.41) is 8.27. The van der Waals surface area contributed by atoms with Gasteiger partial charge in [0.2, 0.25) is 0 Å². The molecule has 1 aliphatic rings. The Bertz CT molecular complexity index is 704. The van der Waals surface area contributed by atoms with Crippen LogP contribution in [0.25, 0.3) is 0 Å². The van der Waals surface area contributed by atoms with E-state index in [1.165, 1.54) is 0 Å². The lowest BCUT2D eigenvalue weighted by Gasteiger charge is -2.26. The van der Waals surface area contributed by atoms with Crippen LogP contribution in [-0.2, 0) is 4.74 Å². The first-order valence-electron chi connectivity index (χ1n) is 9.31.